The van der Waals surface area contributed by atoms with Crippen molar-refractivity contribution >= 4 is 18.5 Å². The van der Waals surface area contributed by atoms with Gasteiger partial charge in [-0.1, -0.05) is 0 Å². The van der Waals surface area contributed by atoms with Gasteiger partial charge in [0.25, 0.3) is 0 Å². The van der Waals surface area contributed by atoms with E-state index in [-0.39, 0.29) is 4.35 Å². The molecular weight excluding hydrogens is 245 g/mol. The molecule has 0 saturated heterocycles. The molecule has 0 aliphatic carbocycles. The fourth-order valence-electron chi connectivity index (χ4n) is 1.16. The number of benzene rings is 1. The van der Waals surface area contributed by atoms with Gasteiger partial charge in [0, 0.05) is 0 Å². The molecule has 0 radical (unpaired) electrons. The molecule has 0 amide bonds. The number of rotatable bonds is 4. The molecule has 0 fully saturated rings. The Bertz CT molecular complexity index is 330. The van der Waals surface area contributed by atoms with Crippen LogP contribution >= 0.6 is 0 Å². The first-order valence-corrected chi connectivity index (χ1v) is 7.77. The molecule has 5 heteroatoms. The summed E-state index contributed by atoms with van der Waals surface area (Å²) in [5.74, 6) is 0. The monoisotopic (exact) mass is 259 g/mol. The first-order chi connectivity index (χ1) is 6.54. The Morgan fingerprint density at radius 1 is 1.21 bits per heavy atom. The predicted molar refractivity (Wildman–Crippen MR) is 54.3 cm³/mol. The molecule has 78 valence electrons. The van der Waals surface area contributed by atoms with Gasteiger partial charge in [-0.2, -0.15) is 0 Å². The van der Waals surface area contributed by atoms with E-state index in [0.29, 0.717) is 6.54 Å². The predicted octanol–water partition coefficient (Wildman–Crippen LogP) is -0.861. The van der Waals surface area contributed by atoms with Crippen LogP contribution in [0.25, 0.3) is 0 Å². The maximum atomic E-state index is 10.9. The quantitative estimate of drug-likeness (QED) is 0.614. The Morgan fingerprint density at radius 2 is 1.79 bits per heavy atom. The van der Waals surface area contributed by atoms with E-state index in [1.807, 2.05) is 0 Å². The van der Waals surface area contributed by atoms with Gasteiger partial charge in [-0.05, 0) is 0 Å². The molecule has 0 aliphatic rings. The fraction of sp³-hybridized carbons (Fsp3) is 0.333. The van der Waals surface area contributed by atoms with E-state index >= 15 is 0 Å². The Hall–Kier alpha value is -0.542. The molecular formula is C9H14AsNO3. The molecule has 4 nitrogen and oxygen atoms in total. The van der Waals surface area contributed by atoms with E-state index in [4.69, 9.17) is 13.9 Å². The van der Waals surface area contributed by atoms with Crippen LogP contribution in [0.1, 0.15) is 12.0 Å². The molecule has 0 atom stereocenters. The van der Waals surface area contributed by atoms with Gasteiger partial charge < -0.3 is 0 Å². The number of nitrogens with two attached hydrogens (primary N) is 1. The minimum absolute atomic E-state index is 0.125. The van der Waals surface area contributed by atoms with Gasteiger partial charge >= 0.3 is 85.4 Å². The summed E-state index contributed by atoms with van der Waals surface area (Å²) in [4.78, 5) is 0. The van der Waals surface area contributed by atoms with Gasteiger partial charge in [0.05, 0.1) is 0 Å². The summed E-state index contributed by atoms with van der Waals surface area (Å²) < 4.78 is 28.8. The van der Waals surface area contributed by atoms with Crippen molar-refractivity contribution in [2.24, 2.45) is 5.73 Å². The van der Waals surface area contributed by atoms with Crippen LogP contribution in [0.4, 0.5) is 0 Å². The summed E-state index contributed by atoms with van der Waals surface area (Å²) >= 11 is -4.69. The van der Waals surface area contributed by atoms with Crippen molar-refractivity contribution in [2.45, 2.75) is 12.8 Å². The van der Waals surface area contributed by atoms with Crippen LogP contribution < -0.4 is 10.1 Å². The SMILES string of the molecule is NCCCc1ccc([As](=O)(O)O)cc1. The molecule has 1 rings (SSSR count). The van der Waals surface area contributed by atoms with Crippen LogP contribution in [-0.2, 0) is 10.2 Å². The molecule has 0 aliphatic heterocycles. The average molecular weight is 259 g/mol. The van der Waals surface area contributed by atoms with Crippen LogP contribution in [-0.4, -0.2) is 28.9 Å². The summed E-state index contributed by atoms with van der Waals surface area (Å²) in [5.41, 5.74) is 6.41. The first kappa shape index (κ1) is 11.5. The molecule has 0 heterocycles. The van der Waals surface area contributed by atoms with E-state index in [9.17, 15) is 3.74 Å². The second-order valence-corrected chi connectivity index (χ2v) is 6.47. The molecule has 1 aromatic rings. The Balaban J connectivity index is 2.74. The summed E-state index contributed by atoms with van der Waals surface area (Å²) in [7, 11) is 0. The first-order valence-electron chi connectivity index (χ1n) is 4.39. The van der Waals surface area contributed by atoms with Gasteiger partial charge in [0.15, 0.2) is 0 Å². The van der Waals surface area contributed by atoms with Crippen molar-refractivity contribution in [1.29, 1.82) is 0 Å². The molecule has 14 heavy (non-hydrogen) atoms. The zero-order valence-corrected chi connectivity index (χ0v) is 9.63. The van der Waals surface area contributed by atoms with Crippen LogP contribution in [0.15, 0.2) is 24.3 Å². The van der Waals surface area contributed by atoms with Crippen molar-refractivity contribution < 1.29 is 11.9 Å². The zero-order valence-electron chi connectivity index (χ0n) is 7.76. The molecule has 1 aromatic carbocycles. The van der Waals surface area contributed by atoms with Crippen LogP contribution in [0, 0.1) is 0 Å². The maximum absolute atomic E-state index is 10.9. The molecule has 0 bridgehead atoms. The molecule has 4 N–H and O–H groups in total. The third-order valence-corrected chi connectivity index (χ3v) is 3.98. The molecule has 0 saturated carbocycles. The van der Waals surface area contributed by atoms with Crippen molar-refractivity contribution in [3.05, 3.63) is 29.8 Å². The Labute approximate surface area is 85.8 Å². The van der Waals surface area contributed by atoms with E-state index in [2.05, 4.69) is 0 Å². The average Bonchev–Trinajstić information content (AvgIpc) is 2.14. The summed E-state index contributed by atoms with van der Waals surface area (Å²) in [6.07, 6.45) is 1.74. The third kappa shape index (κ3) is 3.31. The van der Waals surface area contributed by atoms with Crippen molar-refractivity contribution in [2.75, 3.05) is 6.54 Å². The van der Waals surface area contributed by atoms with Gasteiger partial charge in [-0.25, -0.2) is 0 Å². The van der Waals surface area contributed by atoms with Gasteiger partial charge in [0.1, 0.15) is 0 Å². The topological polar surface area (TPSA) is 83.6 Å². The molecule has 0 spiro atoms. The summed E-state index contributed by atoms with van der Waals surface area (Å²) in [5, 5.41) is 0. The van der Waals surface area contributed by atoms with E-state index < -0.39 is 14.2 Å². The van der Waals surface area contributed by atoms with Gasteiger partial charge in [-0.3, -0.25) is 0 Å². The van der Waals surface area contributed by atoms with E-state index in [0.717, 1.165) is 18.4 Å². The van der Waals surface area contributed by atoms with Crippen LogP contribution in [0.2, 0.25) is 0 Å². The molecule has 0 aromatic heterocycles. The van der Waals surface area contributed by atoms with Gasteiger partial charge in [-0.15, -0.1) is 0 Å². The van der Waals surface area contributed by atoms with E-state index in [1.54, 1.807) is 12.1 Å². The third-order valence-electron chi connectivity index (χ3n) is 1.94. The zero-order chi connectivity index (χ0) is 10.6. The number of aryl methyl sites for hydroxylation is 1. The number of hydrogen-bond donors (Lipinski definition) is 3. The summed E-state index contributed by atoms with van der Waals surface area (Å²) in [6.45, 7) is 0.629. The van der Waals surface area contributed by atoms with Crippen molar-refractivity contribution in [1.82, 2.24) is 0 Å². The second-order valence-electron chi connectivity index (χ2n) is 3.10. The second kappa shape index (κ2) is 4.80. The standard InChI is InChI=1S/C9H14AsNO3/c11-7-1-2-8-3-5-9(6-4-8)10(12,13)14/h3-6H,1-2,7,11H2,(H2,12,13,14). The minimum atomic E-state index is -4.69. The Morgan fingerprint density at radius 3 is 2.21 bits per heavy atom. The number of hydrogen-bond acceptors (Lipinski definition) is 2. The van der Waals surface area contributed by atoms with Crippen LogP contribution in [0.5, 0.6) is 0 Å². The van der Waals surface area contributed by atoms with Crippen LogP contribution in [0.3, 0.4) is 0 Å². The van der Waals surface area contributed by atoms with Gasteiger partial charge in [0.2, 0.25) is 0 Å². The van der Waals surface area contributed by atoms with E-state index in [1.165, 1.54) is 12.1 Å². The fourth-order valence-corrected chi connectivity index (χ4v) is 2.29. The Kier molecular flexibility index (Phi) is 3.95. The normalized spacial score (nSPS) is 11.6. The molecule has 0 unspecified atom stereocenters. The summed E-state index contributed by atoms with van der Waals surface area (Å²) in [6, 6.07) is 6.47. The van der Waals surface area contributed by atoms with Crippen molar-refractivity contribution in [3.63, 3.8) is 0 Å². The van der Waals surface area contributed by atoms with Crippen molar-refractivity contribution in [3.8, 4) is 0 Å².